The molecular weight excluding hydrogens is 468 g/mol. The Morgan fingerprint density at radius 1 is 1.09 bits per heavy atom. The van der Waals surface area contributed by atoms with Crippen LogP contribution in [0.5, 0.6) is 0 Å². The highest BCUT2D eigenvalue weighted by atomic mass is 35.5. The molecule has 33 heavy (non-hydrogen) atoms. The van der Waals surface area contributed by atoms with E-state index in [4.69, 9.17) is 17.3 Å². The zero-order chi connectivity index (χ0) is 23.9. The first-order valence-corrected chi connectivity index (χ1v) is 12.0. The molecule has 10 nitrogen and oxygen atoms in total. The van der Waals surface area contributed by atoms with Crippen molar-refractivity contribution in [3.63, 3.8) is 0 Å². The predicted molar refractivity (Wildman–Crippen MR) is 122 cm³/mol. The quantitative estimate of drug-likeness (QED) is 0.579. The van der Waals surface area contributed by atoms with E-state index in [1.165, 1.54) is 27.3 Å². The zero-order valence-corrected chi connectivity index (χ0v) is 19.7. The molecule has 12 heteroatoms. The van der Waals surface area contributed by atoms with Crippen molar-refractivity contribution in [2.45, 2.75) is 11.8 Å². The third-order valence-corrected chi connectivity index (χ3v) is 7.82. The first kappa shape index (κ1) is 23.0. The summed E-state index contributed by atoms with van der Waals surface area (Å²) >= 11 is 5.94. The topological polar surface area (TPSA) is 124 Å². The number of amides is 2. The van der Waals surface area contributed by atoms with Gasteiger partial charge in [0.05, 0.1) is 23.1 Å². The number of primary amides is 1. The number of carbonyl (C=O) groups is 2. The van der Waals surface area contributed by atoms with E-state index in [0.29, 0.717) is 16.3 Å². The molecule has 1 aliphatic heterocycles. The monoisotopic (exact) mass is 490 g/mol. The van der Waals surface area contributed by atoms with Crippen LogP contribution in [0.15, 0.2) is 47.6 Å². The van der Waals surface area contributed by atoms with Gasteiger partial charge in [-0.2, -0.15) is 9.40 Å². The van der Waals surface area contributed by atoms with E-state index in [2.05, 4.69) is 5.10 Å². The van der Waals surface area contributed by atoms with Crippen LogP contribution in [0.4, 0.5) is 0 Å². The number of nitrogens with zero attached hydrogens (tertiary/aromatic N) is 5. The highest BCUT2D eigenvalue weighted by Gasteiger charge is 2.32. The maximum Gasteiger partial charge on any atom is 0.265 e. The molecule has 2 N–H and O–H groups in total. The van der Waals surface area contributed by atoms with Gasteiger partial charge in [-0.05, 0) is 37.3 Å². The number of rotatable bonds is 5. The SMILES string of the molecule is Cc1c(C(=O)N2CCN(S(=O)(=O)c3cc(C(N)=O)n(C)c3)CC2)cnn1-c1ccc(Cl)cc1. The van der Waals surface area contributed by atoms with Crippen LogP contribution in [-0.2, 0) is 17.1 Å². The number of benzene rings is 1. The molecule has 174 valence electrons. The van der Waals surface area contributed by atoms with E-state index >= 15 is 0 Å². The Balaban J connectivity index is 1.47. The lowest BCUT2D eigenvalue weighted by molar-refractivity contribution is 0.0697. The number of hydrogen-bond acceptors (Lipinski definition) is 5. The zero-order valence-electron chi connectivity index (χ0n) is 18.1. The van der Waals surface area contributed by atoms with E-state index in [1.807, 2.05) is 12.1 Å². The molecule has 3 aromatic rings. The van der Waals surface area contributed by atoms with E-state index in [9.17, 15) is 18.0 Å². The van der Waals surface area contributed by atoms with Crippen molar-refractivity contribution in [2.24, 2.45) is 12.8 Å². The smallest absolute Gasteiger partial charge is 0.265 e. The summed E-state index contributed by atoms with van der Waals surface area (Å²) in [5, 5.41) is 4.94. The molecule has 4 rings (SSSR count). The average molecular weight is 491 g/mol. The van der Waals surface area contributed by atoms with Gasteiger partial charge in [-0.3, -0.25) is 9.59 Å². The summed E-state index contributed by atoms with van der Waals surface area (Å²) in [6, 6.07) is 8.39. The highest BCUT2D eigenvalue weighted by Crippen LogP contribution is 2.22. The predicted octanol–water partition coefficient (Wildman–Crippen LogP) is 1.42. The van der Waals surface area contributed by atoms with E-state index in [0.717, 1.165) is 5.69 Å². The van der Waals surface area contributed by atoms with Gasteiger partial charge >= 0.3 is 0 Å². The first-order valence-electron chi connectivity index (χ1n) is 10.2. The van der Waals surface area contributed by atoms with Gasteiger partial charge < -0.3 is 15.2 Å². The molecule has 0 radical (unpaired) electrons. The third kappa shape index (κ3) is 4.26. The van der Waals surface area contributed by atoms with Crippen LogP contribution in [0.2, 0.25) is 5.02 Å². The molecule has 0 aliphatic carbocycles. The standard InChI is InChI=1S/C21H23ClN6O4S/c1-14-18(12-24-28(14)16-5-3-15(22)4-6-16)21(30)26-7-9-27(10-8-26)33(31,32)17-11-19(20(23)29)25(2)13-17/h3-6,11-13H,7-10H2,1-2H3,(H2,23,29). The molecule has 3 heterocycles. The summed E-state index contributed by atoms with van der Waals surface area (Å²) in [4.78, 5) is 26.2. The molecule has 2 amide bonds. The van der Waals surface area contributed by atoms with Gasteiger partial charge in [-0.15, -0.1) is 0 Å². The van der Waals surface area contributed by atoms with Gasteiger partial charge in [-0.1, -0.05) is 11.6 Å². The largest absolute Gasteiger partial charge is 0.364 e. The summed E-state index contributed by atoms with van der Waals surface area (Å²) in [7, 11) is -2.26. The average Bonchev–Trinajstić information content (AvgIpc) is 3.37. The summed E-state index contributed by atoms with van der Waals surface area (Å²) in [5.41, 5.74) is 7.31. The molecule has 1 aromatic carbocycles. The number of carbonyl (C=O) groups excluding carboxylic acids is 2. The summed E-state index contributed by atoms with van der Waals surface area (Å²) < 4.78 is 30.3. The van der Waals surface area contributed by atoms with Crippen molar-refractivity contribution >= 4 is 33.4 Å². The Morgan fingerprint density at radius 3 is 2.30 bits per heavy atom. The van der Waals surface area contributed by atoms with Crippen molar-refractivity contribution in [3.05, 3.63) is 64.7 Å². The van der Waals surface area contributed by atoms with Crippen molar-refractivity contribution in [1.82, 2.24) is 23.6 Å². The van der Waals surface area contributed by atoms with Crippen molar-refractivity contribution < 1.29 is 18.0 Å². The fourth-order valence-corrected chi connectivity index (χ4v) is 5.45. The minimum atomic E-state index is -3.82. The maximum atomic E-state index is 13.1. The molecular formula is C21H23ClN6O4S. The lowest BCUT2D eigenvalue weighted by Gasteiger charge is -2.33. The van der Waals surface area contributed by atoms with Crippen molar-refractivity contribution in [3.8, 4) is 5.69 Å². The minimum absolute atomic E-state index is 0.00124. The fourth-order valence-electron chi connectivity index (χ4n) is 3.83. The summed E-state index contributed by atoms with van der Waals surface area (Å²) in [6.07, 6.45) is 2.88. The van der Waals surface area contributed by atoms with Crippen LogP contribution in [0.1, 0.15) is 26.5 Å². The third-order valence-electron chi connectivity index (χ3n) is 5.71. The molecule has 0 bridgehead atoms. The van der Waals surface area contributed by atoms with Crippen LogP contribution in [0.25, 0.3) is 5.69 Å². The number of aryl methyl sites for hydroxylation is 1. The summed E-state index contributed by atoms with van der Waals surface area (Å²) in [5.74, 6) is -0.913. The maximum absolute atomic E-state index is 13.1. The second-order valence-corrected chi connectivity index (χ2v) is 10.1. The molecule has 0 unspecified atom stereocenters. The van der Waals surface area contributed by atoms with Gasteiger partial charge in [0.25, 0.3) is 11.8 Å². The molecule has 1 saturated heterocycles. The van der Waals surface area contributed by atoms with Crippen molar-refractivity contribution in [1.29, 1.82) is 0 Å². The lowest BCUT2D eigenvalue weighted by Crippen LogP contribution is -2.50. The van der Waals surface area contributed by atoms with Crippen LogP contribution >= 0.6 is 11.6 Å². The molecule has 0 spiro atoms. The molecule has 2 aromatic heterocycles. The molecule has 0 atom stereocenters. The Labute approximate surface area is 196 Å². The molecule has 0 saturated carbocycles. The number of hydrogen-bond donors (Lipinski definition) is 1. The lowest BCUT2D eigenvalue weighted by atomic mass is 10.2. The van der Waals surface area contributed by atoms with Gasteiger partial charge in [0.2, 0.25) is 10.0 Å². The van der Waals surface area contributed by atoms with Crippen molar-refractivity contribution in [2.75, 3.05) is 26.2 Å². The number of halogens is 1. The van der Waals surface area contributed by atoms with E-state index in [-0.39, 0.29) is 42.7 Å². The minimum Gasteiger partial charge on any atom is -0.364 e. The number of sulfonamides is 1. The second kappa shape index (κ2) is 8.65. The van der Waals surface area contributed by atoms with E-state index in [1.54, 1.807) is 35.7 Å². The Hall–Kier alpha value is -3.15. The fraction of sp³-hybridized carbons (Fsp3) is 0.286. The van der Waals surface area contributed by atoms with Crippen LogP contribution in [0, 0.1) is 6.92 Å². The summed E-state index contributed by atoms with van der Waals surface area (Å²) in [6.45, 7) is 2.55. The number of nitrogens with two attached hydrogens (primary N) is 1. The number of aromatic nitrogens is 3. The molecule has 1 aliphatic rings. The Bertz CT molecular complexity index is 1320. The second-order valence-electron chi connectivity index (χ2n) is 7.76. The van der Waals surface area contributed by atoms with Crippen LogP contribution in [0.3, 0.4) is 0 Å². The van der Waals surface area contributed by atoms with E-state index < -0.39 is 15.9 Å². The van der Waals surface area contributed by atoms with Crippen LogP contribution in [-0.4, -0.2) is 70.0 Å². The Kier molecular flexibility index (Phi) is 6.04. The van der Waals surface area contributed by atoms with Gasteiger partial charge in [-0.25, -0.2) is 13.1 Å². The highest BCUT2D eigenvalue weighted by molar-refractivity contribution is 7.89. The van der Waals surface area contributed by atoms with Crippen LogP contribution < -0.4 is 5.73 Å². The Morgan fingerprint density at radius 2 is 1.73 bits per heavy atom. The normalized spacial score (nSPS) is 15.1. The molecule has 1 fully saturated rings. The first-order chi connectivity index (χ1) is 15.6. The van der Waals surface area contributed by atoms with Gasteiger partial charge in [0.1, 0.15) is 10.6 Å². The van der Waals surface area contributed by atoms with Gasteiger partial charge in [0.15, 0.2) is 0 Å². The van der Waals surface area contributed by atoms with Gasteiger partial charge in [0, 0.05) is 44.4 Å². The number of piperazine rings is 1.